The number of nitrogens with one attached hydrogen (secondary N) is 2. The van der Waals surface area contributed by atoms with Crippen LogP contribution >= 0.6 is 15.9 Å². The van der Waals surface area contributed by atoms with Gasteiger partial charge in [-0.1, -0.05) is 42.5 Å². The Labute approximate surface area is 196 Å². The van der Waals surface area contributed by atoms with Crippen LogP contribution in [0.4, 0.5) is 11.6 Å². The first kappa shape index (κ1) is 23.5. The minimum atomic E-state index is 0. The van der Waals surface area contributed by atoms with Crippen LogP contribution in [0.5, 0.6) is 0 Å². The number of anilines is 2. The zero-order chi connectivity index (χ0) is 21.8. The van der Waals surface area contributed by atoms with E-state index in [4.69, 9.17) is 4.98 Å². The maximum Gasteiger partial charge on any atom is 0.313 e. The number of halogens is 1. The van der Waals surface area contributed by atoms with Crippen molar-refractivity contribution < 1.29 is 9.94 Å². The first-order valence-electron chi connectivity index (χ1n) is 9.97. The van der Waals surface area contributed by atoms with Gasteiger partial charge in [0.05, 0.1) is 22.9 Å². The molecule has 3 heterocycles. The van der Waals surface area contributed by atoms with Gasteiger partial charge in [0.25, 0.3) is 0 Å². The van der Waals surface area contributed by atoms with Gasteiger partial charge in [0, 0.05) is 36.3 Å². The van der Waals surface area contributed by atoms with Crippen LogP contribution in [-0.2, 0) is 6.54 Å². The molecular formula is C23H29BrN7O+. The topological polar surface area (TPSA) is 81.6 Å². The monoisotopic (exact) mass is 498 g/mol. The number of benzene rings is 1. The summed E-state index contributed by atoms with van der Waals surface area (Å²) in [5.74, 6) is 1.46. The van der Waals surface area contributed by atoms with Crippen LogP contribution in [0, 0.1) is 0 Å². The molecule has 9 heteroatoms. The van der Waals surface area contributed by atoms with Crippen LogP contribution in [0.1, 0.15) is 13.0 Å². The van der Waals surface area contributed by atoms with E-state index in [1.54, 1.807) is 16.9 Å². The molecule has 3 N–H and O–H groups in total. The summed E-state index contributed by atoms with van der Waals surface area (Å²) in [5, 5.41) is 21.4. The van der Waals surface area contributed by atoms with Crippen molar-refractivity contribution in [2.75, 3.05) is 37.8 Å². The van der Waals surface area contributed by atoms with Crippen molar-refractivity contribution in [3.05, 3.63) is 71.0 Å². The summed E-state index contributed by atoms with van der Waals surface area (Å²) in [4.78, 5) is 6.83. The van der Waals surface area contributed by atoms with Gasteiger partial charge in [-0.15, -0.1) is 0 Å². The minimum Gasteiger partial charge on any atom is -0.366 e. The number of rotatable bonds is 8. The molecule has 32 heavy (non-hydrogen) atoms. The number of hydrogen-bond donors (Lipinski definition) is 3. The van der Waals surface area contributed by atoms with E-state index in [2.05, 4.69) is 36.6 Å². The van der Waals surface area contributed by atoms with Crippen LogP contribution in [0.2, 0.25) is 0 Å². The molecule has 0 unspecified atom stereocenters. The van der Waals surface area contributed by atoms with Gasteiger partial charge in [-0.2, -0.15) is 9.61 Å². The third-order valence-corrected chi connectivity index (χ3v) is 5.39. The lowest BCUT2D eigenvalue weighted by Crippen LogP contribution is -2.36. The normalized spacial score (nSPS) is 10.9. The molecule has 0 bridgehead atoms. The second-order valence-electron chi connectivity index (χ2n) is 7.47. The fourth-order valence-electron chi connectivity index (χ4n) is 3.20. The van der Waals surface area contributed by atoms with Crippen molar-refractivity contribution >= 4 is 33.2 Å². The van der Waals surface area contributed by atoms with Gasteiger partial charge in [-0.25, -0.2) is 4.98 Å². The molecule has 4 aromatic rings. The molecule has 0 aliphatic rings. The summed E-state index contributed by atoms with van der Waals surface area (Å²) >= 11 is 3.53. The first-order valence-corrected chi connectivity index (χ1v) is 10.8. The number of aromatic nitrogens is 4. The smallest absolute Gasteiger partial charge is 0.313 e. The summed E-state index contributed by atoms with van der Waals surface area (Å²) in [6, 6.07) is 15.9. The van der Waals surface area contributed by atoms with Crippen molar-refractivity contribution in [2.45, 2.75) is 14.0 Å². The summed E-state index contributed by atoms with van der Waals surface area (Å²) in [6.07, 6.45) is 3.43. The maximum absolute atomic E-state index is 10.3. The molecule has 0 fully saturated rings. The lowest BCUT2D eigenvalue weighted by Gasteiger charge is -2.11. The highest BCUT2D eigenvalue weighted by molar-refractivity contribution is 9.10. The summed E-state index contributed by atoms with van der Waals surface area (Å²) in [7, 11) is 4.03. The van der Waals surface area contributed by atoms with E-state index in [0.717, 1.165) is 50.6 Å². The molecule has 4 rings (SSSR count). The highest BCUT2D eigenvalue weighted by atomic mass is 79.9. The molecule has 0 radical (unpaired) electrons. The maximum atomic E-state index is 10.3. The second kappa shape index (κ2) is 10.4. The Morgan fingerprint density at radius 2 is 1.91 bits per heavy atom. The standard InChI is InChI=1S/C22H24BrN7O.CH4/c1-28(2)11-10-24-20-9-8-16(15-29(20)31)13-25-21-12-19(17-6-4-3-5-7-17)27-22-18(23)14-26-30(21)22;/h3-9,12,14-15,31H,10-11,13H2,1-2H3,(H,25,26,27);1H4/p+1. The molecule has 0 amide bonds. The Morgan fingerprint density at radius 3 is 2.62 bits per heavy atom. The molecule has 0 atom stereocenters. The number of hydrogen-bond acceptors (Lipinski definition) is 6. The molecule has 0 spiro atoms. The lowest BCUT2D eigenvalue weighted by atomic mass is 10.1. The Balaban J connectivity index is 0.00000289. The molecule has 168 valence electrons. The highest BCUT2D eigenvalue weighted by Crippen LogP contribution is 2.26. The SMILES string of the molecule is C.CN(C)CCNc1ccc(CNc2cc(-c3ccccc3)nc3c(Br)cnn23)c[n+]1O. The number of pyridine rings is 1. The highest BCUT2D eigenvalue weighted by Gasteiger charge is 2.13. The summed E-state index contributed by atoms with van der Waals surface area (Å²) in [6.45, 7) is 2.14. The van der Waals surface area contributed by atoms with Crippen LogP contribution in [0.3, 0.4) is 0 Å². The Kier molecular flexibility index (Phi) is 7.66. The quantitative estimate of drug-likeness (QED) is 0.252. The predicted octanol–water partition coefficient (Wildman–Crippen LogP) is 3.91. The van der Waals surface area contributed by atoms with E-state index in [-0.39, 0.29) is 7.43 Å². The van der Waals surface area contributed by atoms with E-state index < -0.39 is 0 Å². The molecule has 0 aliphatic heterocycles. The average Bonchev–Trinajstić information content (AvgIpc) is 3.14. The van der Waals surface area contributed by atoms with Crippen molar-refractivity contribution in [2.24, 2.45) is 0 Å². The van der Waals surface area contributed by atoms with E-state index in [1.165, 1.54) is 0 Å². The fraction of sp³-hybridized carbons (Fsp3) is 0.261. The second-order valence-corrected chi connectivity index (χ2v) is 8.33. The first-order chi connectivity index (χ1) is 15.0. The molecule has 1 aromatic carbocycles. The molecule has 0 aliphatic carbocycles. The van der Waals surface area contributed by atoms with E-state index in [9.17, 15) is 5.21 Å². The Bertz CT molecular complexity index is 1180. The van der Waals surface area contributed by atoms with Crippen LogP contribution in [0.25, 0.3) is 16.9 Å². The van der Waals surface area contributed by atoms with Crippen LogP contribution in [0.15, 0.2) is 65.4 Å². The molecular weight excluding hydrogens is 470 g/mol. The zero-order valence-corrected chi connectivity index (χ0v) is 19.0. The summed E-state index contributed by atoms with van der Waals surface area (Å²) < 4.78 is 3.71. The lowest BCUT2D eigenvalue weighted by molar-refractivity contribution is -0.893. The summed E-state index contributed by atoms with van der Waals surface area (Å²) in [5.41, 5.74) is 3.55. The van der Waals surface area contributed by atoms with Crippen molar-refractivity contribution in [3.8, 4) is 11.3 Å². The van der Waals surface area contributed by atoms with Gasteiger partial charge < -0.3 is 15.4 Å². The van der Waals surface area contributed by atoms with Gasteiger partial charge in [-0.05, 0) is 36.1 Å². The van der Waals surface area contributed by atoms with Crippen molar-refractivity contribution in [1.82, 2.24) is 19.5 Å². The van der Waals surface area contributed by atoms with Gasteiger partial charge in [0.1, 0.15) is 12.0 Å². The third kappa shape index (κ3) is 5.35. The minimum absolute atomic E-state index is 0. The molecule has 0 saturated heterocycles. The van der Waals surface area contributed by atoms with Gasteiger partial charge in [0.15, 0.2) is 5.65 Å². The number of nitrogens with zero attached hydrogens (tertiary/aromatic N) is 5. The molecule has 0 saturated carbocycles. The van der Waals surface area contributed by atoms with Gasteiger partial charge >= 0.3 is 5.82 Å². The largest absolute Gasteiger partial charge is 0.366 e. The zero-order valence-electron chi connectivity index (χ0n) is 17.5. The van der Waals surface area contributed by atoms with Crippen LogP contribution in [-0.4, -0.2) is 51.9 Å². The predicted molar refractivity (Wildman–Crippen MR) is 131 cm³/mol. The van der Waals surface area contributed by atoms with E-state index in [1.807, 2.05) is 62.6 Å². The fourth-order valence-corrected chi connectivity index (χ4v) is 3.54. The Hall–Kier alpha value is -3.17. The van der Waals surface area contributed by atoms with E-state index in [0.29, 0.717) is 12.4 Å². The molecule has 3 aromatic heterocycles. The van der Waals surface area contributed by atoms with Gasteiger partial charge in [-0.3, -0.25) is 5.32 Å². The van der Waals surface area contributed by atoms with Crippen LogP contribution < -0.4 is 15.4 Å². The van der Waals surface area contributed by atoms with Gasteiger partial charge in [0.2, 0.25) is 0 Å². The number of likely N-dealkylation sites (N-methyl/N-ethyl adjacent to an activating group) is 1. The van der Waals surface area contributed by atoms with E-state index >= 15 is 0 Å². The van der Waals surface area contributed by atoms with Crippen molar-refractivity contribution in [3.63, 3.8) is 0 Å². The third-order valence-electron chi connectivity index (χ3n) is 4.83. The average molecular weight is 499 g/mol. The molecule has 8 nitrogen and oxygen atoms in total. The number of fused-ring (bicyclic) bond motifs is 1. The Morgan fingerprint density at radius 1 is 1.12 bits per heavy atom. The van der Waals surface area contributed by atoms with Crippen molar-refractivity contribution in [1.29, 1.82) is 0 Å².